The maximum Gasteiger partial charge on any atom is 0.340 e. The second kappa shape index (κ2) is 24.8. The summed E-state index contributed by atoms with van der Waals surface area (Å²) in [5.41, 5.74) is 8.39. The molecule has 80 heavy (non-hydrogen) atoms. The molecule has 0 fully saturated rings. The number of ether oxygens (including phenoxy) is 8. The molecule has 25 heteroatoms. The molecular weight excluding hydrogens is 1060 g/mol. The predicted octanol–water partition coefficient (Wildman–Crippen LogP) is 5.75. The molecule has 1 aliphatic carbocycles. The first-order valence-electron chi connectivity index (χ1n) is 24.8. The third-order valence-corrected chi connectivity index (χ3v) is 12.6. The van der Waals surface area contributed by atoms with Crippen LogP contribution >= 0.6 is 12.2 Å². The highest BCUT2D eigenvalue weighted by Crippen LogP contribution is 2.56. The molecule has 0 saturated heterocycles. The van der Waals surface area contributed by atoms with Crippen molar-refractivity contribution in [2.75, 3.05) is 67.6 Å². The van der Waals surface area contributed by atoms with E-state index in [-0.39, 0.29) is 116 Å². The van der Waals surface area contributed by atoms with Gasteiger partial charge in [-0.2, -0.15) is 4.98 Å². The van der Waals surface area contributed by atoms with Crippen LogP contribution in [0.4, 0.5) is 28.7 Å². The van der Waals surface area contributed by atoms with Crippen LogP contribution < -0.4 is 42.0 Å². The number of hydrogen-bond acceptors (Lipinski definition) is 21. The minimum Gasteiger partial charge on any atom is -0.463 e. The number of nitrogens with two attached hydrogens (primary N) is 1. The zero-order valence-corrected chi connectivity index (χ0v) is 43.7. The second-order valence-corrected chi connectivity index (χ2v) is 18.4. The Morgan fingerprint density at radius 3 is 2.10 bits per heavy atom. The van der Waals surface area contributed by atoms with E-state index in [0.29, 0.717) is 50.7 Å². The summed E-state index contributed by atoms with van der Waals surface area (Å²) in [5, 5.41) is 12.5. The maximum atomic E-state index is 14.1. The zero-order valence-electron chi connectivity index (χ0n) is 42.9. The van der Waals surface area contributed by atoms with Gasteiger partial charge in [0.2, 0.25) is 5.95 Å². The van der Waals surface area contributed by atoms with Crippen molar-refractivity contribution in [2.24, 2.45) is 0 Å². The summed E-state index contributed by atoms with van der Waals surface area (Å²) in [4.78, 5) is 104. The van der Waals surface area contributed by atoms with Crippen molar-refractivity contribution in [3.05, 3.63) is 153 Å². The number of nitrogen functional groups attached to an aromatic ring is 1. The molecule has 4 heterocycles. The van der Waals surface area contributed by atoms with Crippen LogP contribution in [0.1, 0.15) is 69.6 Å². The van der Waals surface area contributed by atoms with E-state index in [1.54, 1.807) is 84.9 Å². The average Bonchev–Trinajstić information content (AvgIpc) is 3.76. The Hall–Kier alpha value is -9.59. The molecule has 7 N–H and O–H groups in total. The summed E-state index contributed by atoms with van der Waals surface area (Å²) in [6.07, 6.45) is 3.01. The summed E-state index contributed by atoms with van der Waals surface area (Å²) >= 11 is 5.66. The van der Waals surface area contributed by atoms with Gasteiger partial charge in [-0.1, -0.05) is 12.1 Å². The maximum absolute atomic E-state index is 14.1. The highest BCUT2D eigenvalue weighted by atomic mass is 32.1. The smallest absolute Gasteiger partial charge is 0.340 e. The number of thiocarbonyl (C=S) groups is 1. The number of rotatable bonds is 21. The number of amides is 1. The van der Waals surface area contributed by atoms with Crippen LogP contribution in [0, 0.1) is 0 Å². The molecule has 4 aromatic carbocycles. The molecule has 2 aliphatic heterocycles. The number of carbonyl (C=O) groups excluding carboxylic acids is 6. The van der Waals surface area contributed by atoms with Crippen molar-refractivity contribution in [3.8, 4) is 11.5 Å². The number of fused-ring (bicyclic) bond motifs is 6. The van der Waals surface area contributed by atoms with Crippen molar-refractivity contribution < 1.29 is 66.7 Å². The molecule has 0 saturated carbocycles. The van der Waals surface area contributed by atoms with Gasteiger partial charge in [0.25, 0.3) is 11.5 Å². The van der Waals surface area contributed by atoms with E-state index in [2.05, 4.69) is 41.2 Å². The summed E-state index contributed by atoms with van der Waals surface area (Å²) in [7, 11) is 2.94. The Morgan fingerprint density at radius 1 is 0.750 bits per heavy atom. The molecule has 412 valence electrons. The number of esters is 5. The lowest BCUT2D eigenvalue weighted by Crippen LogP contribution is -2.37. The average molecular weight is 1110 g/mol. The third kappa shape index (κ3) is 13.0. The summed E-state index contributed by atoms with van der Waals surface area (Å²) < 4.78 is 44.0. The van der Waals surface area contributed by atoms with Crippen LogP contribution in [0.5, 0.6) is 11.5 Å². The van der Waals surface area contributed by atoms with Crippen molar-refractivity contribution in [3.63, 3.8) is 0 Å². The number of benzene rings is 4. The van der Waals surface area contributed by atoms with Crippen molar-refractivity contribution >= 4 is 92.9 Å². The van der Waals surface area contributed by atoms with Gasteiger partial charge in [0.1, 0.15) is 36.6 Å². The van der Waals surface area contributed by atoms with Crippen molar-refractivity contribution in [1.82, 2.24) is 19.9 Å². The van der Waals surface area contributed by atoms with Gasteiger partial charge in [0.15, 0.2) is 21.9 Å². The Kier molecular flexibility index (Phi) is 17.1. The number of aromatic amines is 1. The highest BCUT2D eigenvalue weighted by Gasteiger charge is 2.55. The van der Waals surface area contributed by atoms with Gasteiger partial charge in [-0.15, -0.1) is 0 Å². The van der Waals surface area contributed by atoms with E-state index >= 15 is 0 Å². The Morgan fingerprint density at radius 2 is 1.39 bits per heavy atom. The lowest BCUT2D eigenvalue weighted by Gasteiger charge is -2.39. The summed E-state index contributed by atoms with van der Waals surface area (Å²) in [6.45, 7) is 0.756. The van der Waals surface area contributed by atoms with Crippen LogP contribution in [0.15, 0.2) is 119 Å². The summed E-state index contributed by atoms with van der Waals surface area (Å²) in [6, 6.07) is 23.3. The summed E-state index contributed by atoms with van der Waals surface area (Å²) in [5.74, 6) is -3.08. The molecule has 2 atom stereocenters. The minimum atomic E-state index is -1.58. The number of nitrogens with zero attached hydrogens (tertiary/aromatic N) is 3. The van der Waals surface area contributed by atoms with E-state index in [0.717, 1.165) is 0 Å². The third-order valence-electron chi connectivity index (χ3n) is 12.4. The van der Waals surface area contributed by atoms with Crippen LogP contribution in [0.3, 0.4) is 0 Å². The van der Waals surface area contributed by atoms with Gasteiger partial charge in [-0.25, -0.2) is 14.8 Å². The first-order chi connectivity index (χ1) is 38.7. The fraction of sp³-hybridized carbons (Fsp3) is 0.255. The predicted molar refractivity (Wildman–Crippen MR) is 291 cm³/mol. The van der Waals surface area contributed by atoms with Gasteiger partial charge in [0, 0.05) is 71.7 Å². The quantitative estimate of drug-likeness (QED) is 0.0164. The van der Waals surface area contributed by atoms with Crippen LogP contribution in [-0.4, -0.2) is 108 Å². The molecule has 2 aromatic heterocycles. The molecule has 1 amide bonds. The Balaban J connectivity index is 0.846. The Labute approximate surface area is 460 Å². The van der Waals surface area contributed by atoms with Gasteiger partial charge >= 0.3 is 29.8 Å². The van der Waals surface area contributed by atoms with Gasteiger partial charge in [-0.3, -0.25) is 33.8 Å². The number of methoxy groups -OCH3 is 2. The molecule has 24 nitrogen and oxygen atoms in total. The second-order valence-electron chi connectivity index (χ2n) is 17.9. The van der Waals surface area contributed by atoms with Crippen molar-refractivity contribution in [2.45, 2.75) is 50.4 Å². The number of hydrogen-bond donors (Lipinski definition) is 6. The van der Waals surface area contributed by atoms with E-state index < -0.39 is 47.1 Å². The highest BCUT2D eigenvalue weighted by molar-refractivity contribution is 7.80. The van der Waals surface area contributed by atoms with E-state index in [4.69, 9.17) is 55.8 Å². The normalized spacial score (nSPS) is 15.6. The fourth-order valence-corrected chi connectivity index (χ4v) is 8.91. The monoisotopic (exact) mass is 1110 g/mol. The zero-order chi connectivity index (χ0) is 56.3. The SMILES string of the molecule is COCCOC(=O)CCC(=O)Oc1ccc2c(c1)OC1=C(C=CC(OC(=O)CCC(=O)OCCOC)C1)C21OC(=O)c2cc(NC(=S)Nc3ccc(NC(=O)c4ccc(NCc5cnc6nc(N)[nH]c(=O)c6n5)cc4)cc3)ccc21. The van der Waals surface area contributed by atoms with E-state index in [1.165, 1.54) is 32.5 Å². The van der Waals surface area contributed by atoms with Gasteiger partial charge in [-0.05, 0) is 91.1 Å². The molecule has 0 radical (unpaired) electrons. The topological polar surface area (TPSA) is 322 Å². The molecule has 2 unspecified atom stereocenters. The van der Waals surface area contributed by atoms with Crippen LogP contribution in [-0.2, 0) is 59.7 Å². The molecule has 0 bridgehead atoms. The first-order valence-corrected chi connectivity index (χ1v) is 25.2. The standard InChI is InChI=1S/C55H51N9O15S/c1-72-21-23-74-44(65)17-19-46(67)76-36-12-15-40-42(26-36)78-43-27-37(77-47(68)20-18-45(66)75-24-22-73-2)13-16-41(43)55(40)39-14-11-34(25-38(39)52(71)79-55)62-54(80)61-33-9-7-32(8-10-33)60-50(69)30-3-5-31(6-4-30)57-28-35-29-58-49-48(59-35)51(70)64-53(56)63-49/h3-16,25-26,29,37,57H,17-24,27-28H2,1-2H3,(H,60,69)(H2,61,62,80)(H3,56,58,63,64,70). The molecular formula is C55H51N9O15S. The largest absolute Gasteiger partial charge is 0.463 e. The number of anilines is 5. The Bertz CT molecular complexity index is 3530. The van der Waals surface area contributed by atoms with Gasteiger partial charge in [0.05, 0.1) is 62.9 Å². The molecule has 3 aliphatic rings. The molecule has 6 aromatic rings. The van der Waals surface area contributed by atoms with Crippen LogP contribution in [0.2, 0.25) is 0 Å². The molecule has 9 rings (SSSR count). The minimum absolute atomic E-state index is 0.00597. The van der Waals surface area contributed by atoms with Gasteiger partial charge < -0.3 is 64.9 Å². The number of aromatic nitrogens is 4. The number of nitrogens with one attached hydrogen (secondary N) is 5. The first kappa shape index (κ1) is 55.2. The fourth-order valence-electron chi connectivity index (χ4n) is 8.68. The van der Waals surface area contributed by atoms with Crippen molar-refractivity contribution in [1.29, 1.82) is 0 Å². The number of H-pyrrole nitrogens is 1. The van der Waals surface area contributed by atoms with E-state index in [9.17, 15) is 33.6 Å². The number of carbonyl (C=O) groups is 6. The van der Waals surface area contributed by atoms with Crippen LogP contribution in [0.25, 0.3) is 11.2 Å². The lowest BCUT2D eigenvalue weighted by molar-refractivity contribution is -0.152. The molecule has 1 spiro atoms. The van der Waals surface area contributed by atoms with E-state index in [1.807, 2.05) is 0 Å². The lowest BCUT2D eigenvalue weighted by atomic mass is 9.75.